The molecule has 0 saturated heterocycles. The van der Waals surface area contributed by atoms with Gasteiger partial charge in [-0.2, -0.15) is 0 Å². The van der Waals surface area contributed by atoms with Crippen molar-refractivity contribution in [3.8, 4) is 0 Å². The molecule has 0 unspecified atom stereocenters. The van der Waals surface area contributed by atoms with Crippen molar-refractivity contribution in [2.45, 2.75) is 6.92 Å². The van der Waals surface area contributed by atoms with Crippen molar-refractivity contribution in [3.63, 3.8) is 0 Å². The third-order valence-electron chi connectivity index (χ3n) is 3.06. The number of nitro groups is 1. The number of hydrogen-bond donors (Lipinski definition) is 1. The first-order valence-electron chi connectivity index (χ1n) is 6.54. The molecule has 0 aliphatic heterocycles. The van der Waals surface area contributed by atoms with E-state index in [2.05, 4.69) is 15.0 Å². The van der Waals surface area contributed by atoms with Crippen molar-refractivity contribution in [3.05, 3.63) is 63.5 Å². The third kappa shape index (κ3) is 3.67. The van der Waals surface area contributed by atoms with Crippen LogP contribution in [0.2, 0.25) is 0 Å². The summed E-state index contributed by atoms with van der Waals surface area (Å²) in [4.78, 5) is 37.8. The molecule has 0 bridgehead atoms. The number of aromatic nitrogens is 1. The molecule has 1 aromatic carbocycles. The number of nitrogens with zero attached hydrogens (tertiary/aromatic N) is 2. The molecule has 0 aliphatic carbocycles. The molecule has 1 N–H and O–H groups in total. The summed E-state index contributed by atoms with van der Waals surface area (Å²) < 4.78 is 4.54. The van der Waals surface area contributed by atoms with Gasteiger partial charge in [-0.25, -0.2) is 9.78 Å². The van der Waals surface area contributed by atoms with Gasteiger partial charge in [-0.1, -0.05) is 12.1 Å². The maximum absolute atomic E-state index is 12.2. The van der Waals surface area contributed by atoms with Crippen molar-refractivity contribution >= 4 is 23.3 Å². The highest BCUT2D eigenvalue weighted by Gasteiger charge is 2.15. The van der Waals surface area contributed by atoms with E-state index in [0.29, 0.717) is 11.3 Å². The topological polar surface area (TPSA) is 111 Å². The van der Waals surface area contributed by atoms with Gasteiger partial charge in [0.15, 0.2) is 0 Å². The number of carbonyl (C=O) groups is 2. The fourth-order valence-corrected chi connectivity index (χ4v) is 1.82. The van der Waals surface area contributed by atoms with E-state index in [9.17, 15) is 19.7 Å². The molecule has 0 saturated carbocycles. The standard InChI is InChI=1S/C15H13N3O5/c1-9-6-7-10(18(21)22)8-13(9)17-14(19)11-4-3-5-12(16-11)15(20)23-2/h3-8H,1-2H3,(H,17,19). The number of benzene rings is 1. The van der Waals surface area contributed by atoms with Crippen LogP contribution < -0.4 is 5.32 Å². The number of carbonyl (C=O) groups excluding carboxylic acids is 2. The van der Waals surface area contributed by atoms with Gasteiger partial charge < -0.3 is 10.1 Å². The van der Waals surface area contributed by atoms with Gasteiger partial charge in [0.25, 0.3) is 11.6 Å². The molecule has 1 aromatic heterocycles. The molecule has 1 heterocycles. The fourth-order valence-electron chi connectivity index (χ4n) is 1.82. The average molecular weight is 315 g/mol. The largest absolute Gasteiger partial charge is 0.464 e. The van der Waals surface area contributed by atoms with E-state index in [4.69, 9.17) is 0 Å². The Labute approximate surface area is 131 Å². The second-order valence-electron chi connectivity index (χ2n) is 4.61. The third-order valence-corrected chi connectivity index (χ3v) is 3.06. The lowest BCUT2D eigenvalue weighted by Crippen LogP contribution is -2.16. The molecule has 2 rings (SSSR count). The van der Waals surface area contributed by atoms with Gasteiger partial charge in [-0.3, -0.25) is 14.9 Å². The van der Waals surface area contributed by atoms with Crippen molar-refractivity contribution in [2.75, 3.05) is 12.4 Å². The van der Waals surface area contributed by atoms with Crippen LogP contribution in [0.3, 0.4) is 0 Å². The minimum atomic E-state index is -0.661. The SMILES string of the molecule is COC(=O)c1cccc(C(=O)Nc2cc([N+](=O)[O-])ccc2C)n1. The molecular weight excluding hydrogens is 302 g/mol. The molecule has 0 radical (unpaired) electrons. The van der Waals surface area contributed by atoms with Gasteiger partial charge in [0.05, 0.1) is 17.7 Å². The Morgan fingerprint density at radius 2 is 1.91 bits per heavy atom. The zero-order chi connectivity index (χ0) is 17.0. The van der Waals surface area contributed by atoms with Crippen molar-refractivity contribution < 1.29 is 19.2 Å². The maximum Gasteiger partial charge on any atom is 0.356 e. The van der Waals surface area contributed by atoms with Gasteiger partial charge >= 0.3 is 5.97 Å². The first-order valence-corrected chi connectivity index (χ1v) is 6.54. The Hall–Kier alpha value is -3.29. The molecule has 118 valence electrons. The van der Waals surface area contributed by atoms with E-state index in [0.717, 1.165) is 0 Å². The van der Waals surface area contributed by atoms with Gasteiger partial charge in [-0.15, -0.1) is 0 Å². The first kappa shape index (κ1) is 16.1. The predicted octanol–water partition coefficient (Wildman–Crippen LogP) is 2.34. The minimum absolute atomic E-state index is 0.00111. The van der Waals surface area contributed by atoms with Crippen LogP contribution in [-0.2, 0) is 4.74 Å². The number of anilines is 1. The smallest absolute Gasteiger partial charge is 0.356 e. The summed E-state index contributed by atoms with van der Waals surface area (Å²) in [6.07, 6.45) is 0. The molecule has 0 aliphatic rings. The summed E-state index contributed by atoms with van der Waals surface area (Å²) >= 11 is 0. The fraction of sp³-hybridized carbons (Fsp3) is 0.133. The predicted molar refractivity (Wildman–Crippen MR) is 81.4 cm³/mol. The van der Waals surface area contributed by atoms with Gasteiger partial charge in [0, 0.05) is 12.1 Å². The normalized spacial score (nSPS) is 10.0. The molecule has 23 heavy (non-hydrogen) atoms. The maximum atomic E-state index is 12.2. The number of ether oxygens (including phenoxy) is 1. The molecule has 1 amide bonds. The molecule has 2 aromatic rings. The Balaban J connectivity index is 2.27. The van der Waals surface area contributed by atoms with Crippen LogP contribution >= 0.6 is 0 Å². The van der Waals surface area contributed by atoms with E-state index < -0.39 is 16.8 Å². The summed E-state index contributed by atoms with van der Waals surface area (Å²) in [5.74, 6) is -1.24. The van der Waals surface area contributed by atoms with Crippen LogP contribution in [0.1, 0.15) is 26.5 Å². The van der Waals surface area contributed by atoms with Crippen LogP contribution in [-0.4, -0.2) is 28.9 Å². The van der Waals surface area contributed by atoms with Crippen LogP contribution in [0.4, 0.5) is 11.4 Å². The Morgan fingerprint density at radius 3 is 2.57 bits per heavy atom. The number of methoxy groups -OCH3 is 1. The molecule has 8 heteroatoms. The number of rotatable bonds is 4. The number of nitro benzene ring substituents is 1. The number of nitrogens with one attached hydrogen (secondary N) is 1. The van der Waals surface area contributed by atoms with Crippen LogP contribution in [0.5, 0.6) is 0 Å². The lowest BCUT2D eigenvalue weighted by atomic mass is 10.1. The molecule has 0 atom stereocenters. The Morgan fingerprint density at radius 1 is 1.22 bits per heavy atom. The van der Waals surface area contributed by atoms with Crippen molar-refractivity contribution in [1.29, 1.82) is 0 Å². The number of esters is 1. The summed E-state index contributed by atoms with van der Waals surface area (Å²) in [5.41, 5.74) is 0.819. The minimum Gasteiger partial charge on any atom is -0.464 e. The highest BCUT2D eigenvalue weighted by atomic mass is 16.6. The molecule has 8 nitrogen and oxygen atoms in total. The van der Waals surface area contributed by atoms with Crippen LogP contribution in [0, 0.1) is 17.0 Å². The number of aryl methyl sites for hydroxylation is 1. The zero-order valence-electron chi connectivity index (χ0n) is 12.4. The van der Waals surface area contributed by atoms with E-state index >= 15 is 0 Å². The van der Waals surface area contributed by atoms with Gasteiger partial charge in [-0.05, 0) is 24.6 Å². The van der Waals surface area contributed by atoms with E-state index in [1.165, 1.54) is 43.5 Å². The number of pyridine rings is 1. The lowest BCUT2D eigenvalue weighted by Gasteiger charge is -2.08. The second-order valence-corrected chi connectivity index (χ2v) is 4.61. The molecule has 0 fully saturated rings. The van der Waals surface area contributed by atoms with Crippen molar-refractivity contribution in [1.82, 2.24) is 4.98 Å². The average Bonchev–Trinajstić information content (AvgIpc) is 2.55. The summed E-state index contributed by atoms with van der Waals surface area (Å²) in [6.45, 7) is 1.71. The number of amides is 1. The van der Waals surface area contributed by atoms with Crippen LogP contribution in [0.25, 0.3) is 0 Å². The highest BCUT2D eigenvalue weighted by Crippen LogP contribution is 2.22. The Kier molecular flexibility index (Phi) is 4.65. The van der Waals surface area contributed by atoms with E-state index in [1.807, 2.05) is 0 Å². The number of non-ortho nitro benzene ring substituents is 1. The number of hydrogen-bond acceptors (Lipinski definition) is 6. The Bertz CT molecular complexity index is 788. The molecule has 0 spiro atoms. The quantitative estimate of drug-likeness (QED) is 0.526. The van der Waals surface area contributed by atoms with E-state index in [1.54, 1.807) is 6.92 Å². The second kappa shape index (κ2) is 6.65. The summed E-state index contributed by atoms with van der Waals surface area (Å²) in [6, 6.07) is 8.48. The summed E-state index contributed by atoms with van der Waals surface area (Å²) in [5, 5.41) is 13.3. The zero-order valence-corrected chi connectivity index (χ0v) is 12.4. The van der Waals surface area contributed by atoms with Crippen molar-refractivity contribution in [2.24, 2.45) is 0 Å². The highest BCUT2D eigenvalue weighted by molar-refractivity contribution is 6.04. The monoisotopic (exact) mass is 315 g/mol. The lowest BCUT2D eigenvalue weighted by molar-refractivity contribution is -0.384. The molecular formula is C15H13N3O5. The summed E-state index contributed by atoms with van der Waals surface area (Å²) in [7, 11) is 1.21. The first-order chi connectivity index (χ1) is 10.9. The van der Waals surface area contributed by atoms with Gasteiger partial charge in [0.2, 0.25) is 0 Å². The van der Waals surface area contributed by atoms with Gasteiger partial charge in [0.1, 0.15) is 11.4 Å². The van der Waals surface area contributed by atoms with E-state index in [-0.39, 0.29) is 17.1 Å². The van der Waals surface area contributed by atoms with Crippen LogP contribution in [0.15, 0.2) is 36.4 Å².